The number of likely N-dealkylation sites (N-methyl/N-ethyl adjacent to an activating group) is 1. The van der Waals surface area contributed by atoms with Gasteiger partial charge in [-0.3, -0.25) is 9.59 Å². The van der Waals surface area contributed by atoms with Crippen molar-refractivity contribution in [1.29, 1.82) is 0 Å². The lowest BCUT2D eigenvalue weighted by Crippen LogP contribution is -2.36. The van der Waals surface area contributed by atoms with E-state index in [0.717, 1.165) is 10.5 Å². The highest BCUT2D eigenvalue weighted by atomic mass is 19.1. The Labute approximate surface area is 105 Å². The van der Waals surface area contributed by atoms with Crippen LogP contribution in [0, 0.1) is 11.7 Å². The van der Waals surface area contributed by atoms with Crippen molar-refractivity contribution in [1.82, 2.24) is 4.90 Å². The monoisotopic (exact) mass is 253 g/mol. The van der Waals surface area contributed by atoms with Crippen molar-refractivity contribution >= 4 is 11.9 Å². The number of aliphatic carboxylic acids is 1. The highest BCUT2D eigenvalue weighted by Crippen LogP contribution is 2.12. The van der Waals surface area contributed by atoms with Crippen LogP contribution in [0.25, 0.3) is 0 Å². The number of rotatable bonds is 5. The summed E-state index contributed by atoms with van der Waals surface area (Å²) in [5, 5.41) is 8.60. The number of hydrogen-bond donors (Lipinski definition) is 1. The van der Waals surface area contributed by atoms with Crippen LogP contribution in [-0.2, 0) is 16.0 Å². The van der Waals surface area contributed by atoms with E-state index in [1.54, 1.807) is 19.1 Å². The molecule has 5 heteroatoms. The minimum atomic E-state index is -1.05. The van der Waals surface area contributed by atoms with Crippen molar-refractivity contribution in [2.75, 3.05) is 13.6 Å². The maximum atomic E-state index is 13.0. The molecule has 1 amide bonds. The molecule has 0 saturated heterocycles. The largest absolute Gasteiger partial charge is 0.480 e. The summed E-state index contributed by atoms with van der Waals surface area (Å²) in [4.78, 5) is 23.5. The molecule has 0 fully saturated rings. The number of carbonyl (C=O) groups is 2. The summed E-state index contributed by atoms with van der Waals surface area (Å²) in [7, 11) is 1.44. The first-order valence-electron chi connectivity index (χ1n) is 5.61. The van der Waals surface area contributed by atoms with E-state index in [1.807, 2.05) is 0 Å². The summed E-state index contributed by atoms with van der Waals surface area (Å²) in [6.07, 6.45) is 0.389. The second kappa shape index (κ2) is 6.14. The van der Waals surface area contributed by atoms with E-state index in [9.17, 15) is 14.0 Å². The smallest absolute Gasteiger partial charge is 0.323 e. The average Bonchev–Trinajstić information content (AvgIpc) is 2.27. The summed E-state index contributed by atoms with van der Waals surface area (Å²) in [6.45, 7) is 1.37. The van der Waals surface area contributed by atoms with Crippen molar-refractivity contribution in [3.05, 3.63) is 35.6 Å². The molecule has 1 aromatic carbocycles. The molecule has 98 valence electrons. The molecule has 1 atom stereocenters. The standard InChI is InChI=1S/C13H16FNO3/c1-9(13(18)15(2)8-12(16)17)6-10-4-3-5-11(14)7-10/h3-5,7,9H,6,8H2,1-2H3,(H,16,17). The molecule has 0 aliphatic heterocycles. The molecule has 4 nitrogen and oxygen atoms in total. The van der Waals surface area contributed by atoms with Crippen LogP contribution in [0.15, 0.2) is 24.3 Å². The molecule has 1 aromatic rings. The molecule has 18 heavy (non-hydrogen) atoms. The minimum Gasteiger partial charge on any atom is -0.480 e. The predicted octanol–water partition coefficient (Wildman–Crippen LogP) is 1.55. The normalized spacial score (nSPS) is 11.9. The van der Waals surface area contributed by atoms with Gasteiger partial charge in [0.15, 0.2) is 0 Å². The van der Waals surface area contributed by atoms with Crippen LogP contribution in [0.4, 0.5) is 4.39 Å². The maximum Gasteiger partial charge on any atom is 0.323 e. The zero-order valence-corrected chi connectivity index (χ0v) is 10.4. The van der Waals surface area contributed by atoms with Gasteiger partial charge in [-0.15, -0.1) is 0 Å². The molecule has 0 saturated carbocycles. The van der Waals surface area contributed by atoms with E-state index in [-0.39, 0.29) is 24.2 Å². The molecule has 0 heterocycles. The van der Waals surface area contributed by atoms with Crippen LogP contribution < -0.4 is 0 Å². The van der Waals surface area contributed by atoms with E-state index in [2.05, 4.69) is 0 Å². The SMILES string of the molecule is CC(Cc1cccc(F)c1)C(=O)N(C)CC(=O)O. The first kappa shape index (κ1) is 14.2. The third-order valence-corrected chi connectivity index (χ3v) is 2.60. The number of nitrogens with zero attached hydrogens (tertiary/aromatic N) is 1. The van der Waals surface area contributed by atoms with Gasteiger partial charge in [-0.2, -0.15) is 0 Å². The Balaban J connectivity index is 2.62. The second-order valence-corrected chi connectivity index (χ2v) is 4.32. The van der Waals surface area contributed by atoms with Crippen molar-refractivity contribution in [2.24, 2.45) is 5.92 Å². The number of benzene rings is 1. The molecular weight excluding hydrogens is 237 g/mol. The van der Waals surface area contributed by atoms with Crippen molar-refractivity contribution in [3.8, 4) is 0 Å². The number of hydrogen-bond acceptors (Lipinski definition) is 2. The van der Waals surface area contributed by atoms with Gasteiger partial charge < -0.3 is 10.0 Å². The van der Waals surface area contributed by atoms with Crippen molar-refractivity contribution in [2.45, 2.75) is 13.3 Å². The molecule has 0 aliphatic carbocycles. The zero-order valence-electron chi connectivity index (χ0n) is 10.4. The Kier molecular flexibility index (Phi) is 4.83. The van der Waals surface area contributed by atoms with Crippen molar-refractivity contribution < 1.29 is 19.1 Å². The molecule has 0 aliphatic rings. The van der Waals surface area contributed by atoms with Crippen LogP contribution in [0.1, 0.15) is 12.5 Å². The molecule has 0 spiro atoms. The van der Waals surface area contributed by atoms with Gasteiger partial charge in [0, 0.05) is 13.0 Å². The lowest BCUT2D eigenvalue weighted by molar-refractivity contribution is -0.144. The van der Waals surface area contributed by atoms with Crippen LogP contribution in [-0.4, -0.2) is 35.5 Å². The fraction of sp³-hybridized carbons (Fsp3) is 0.385. The van der Waals surface area contributed by atoms with Gasteiger partial charge in [0.1, 0.15) is 12.4 Å². The zero-order chi connectivity index (χ0) is 13.7. The van der Waals surface area contributed by atoms with Crippen LogP contribution >= 0.6 is 0 Å². The Bertz CT molecular complexity index is 448. The summed E-state index contributed by atoms with van der Waals surface area (Å²) in [5.41, 5.74) is 0.722. The van der Waals surface area contributed by atoms with E-state index in [0.29, 0.717) is 6.42 Å². The molecule has 1 N–H and O–H groups in total. The third kappa shape index (κ3) is 4.16. The van der Waals surface area contributed by atoms with E-state index < -0.39 is 5.97 Å². The van der Waals surface area contributed by atoms with E-state index in [4.69, 9.17) is 5.11 Å². The fourth-order valence-corrected chi connectivity index (χ4v) is 1.76. The summed E-state index contributed by atoms with van der Waals surface area (Å²) >= 11 is 0. The van der Waals surface area contributed by atoms with Gasteiger partial charge in [-0.05, 0) is 24.1 Å². The topological polar surface area (TPSA) is 57.6 Å². The van der Waals surface area contributed by atoms with Gasteiger partial charge >= 0.3 is 5.97 Å². The number of carboxylic acid groups (broad SMARTS) is 1. The highest BCUT2D eigenvalue weighted by molar-refractivity contribution is 5.82. The average molecular weight is 253 g/mol. The first-order chi connectivity index (χ1) is 8.40. The lowest BCUT2D eigenvalue weighted by Gasteiger charge is -2.19. The highest BCUT2D eigenvalue weighted by Gasteiger charge is 2.19. The molecule has 0 radical (unpaired) electrons. The lowest BCUT2D eigenvalue weighted by atomic mass is 10.00. The summed E-state index contributed by atoms with van der Waals surface area (Å²) < 4.78 is 13.0. The summed E-state index contributed by atoms with van der Waals surface area (Å²) in [6, 6.07) is 6.04. The quantitative estimate of drug-likeness (QED) is 0.866. The number of carbonyl (C=O) groups excluding carboxylic acids is 1. The number of amides is 1. The molecule has 1 unspecified atom stereocenters. The van der Waals surface area contributed by atoms with Crippen LogP contribution in [0.5, 0.6) is 0 Å². The van der Waals surface area contributed by atoms with E-state index in [1.165, 1.54) is 19.2 Å². The van der Waals surface area contributed by atoms with Gasteiger partial charge in [0.2, 0.25) is 5.91 Å². The van der Waals surface area contributed by atoms with Crippen molar-refractivity contribution in [3.63, 3.8) is 0 Å². The molecule has 0 bridgehead atoms. The Hall–Kier alpha value is -1.91. The molecule has 0 aromatic heterocycles. The fourth-order valence-electron chi connectivity index (χ4n) is 1.76. The van der Waals surface area contributed by atoms with Gasteiger partial charge in [-0.1, -0.05) is 19.1 Å². The predicted molar refractivity (Wildman–Crippen MR) is 64.5 cm³/mol. The number of halogens is 1. The molecule has 1 rings (SSSR count). The van der Waals surface area contributed by atoms with Crippen LogP contribution in [0.3, 0.4) is 0 Å². The first-order valence-corrected chi connectivity index (χ1v) is 5.61. The second-order valence-electron chi connectivity index (χ2n) is 4.32. The molecular formula is C13H16FNO3. The number of carboxylic acids is 1. The van der Waals surface area contributed by atoms with Gasteiger partial charge in [0.25, 0.3) is 0 Å². The minimum absolute atomic E-state index is 0.262. The summed E-state index contributed by atoms with van der Waals surface area (Å²) in [5.74, 6) is -2.03. The maximum absolute atomic E-state index is 13.0. The van der Waals surface area contributed by atoms with Gasteiger partial charge in [-0.25, -0.2) is 4.39 Å². The Morgan fingerprint density at radius 2 is 2.11 bits per heavy atom. The Morgan fingerprint density at radius 1 is 1.44 bits per heavy atom. The Morgan fingerprint density at radius 3 is 2.67 bits per heavy atom. The van der Waals surface area contributed by atoms with E-state index >= 15 is 0 Å². The van der Waals surface area contributed by atoms with Gasteiger partial charge in [0.05, 0.1) is 0 Å². The third-order valence-electron chi connectivity index (χ3n) is 2.60. The van der Waals surface area contributed by atoms with Crippen LogP contribution in [0.2, 0.25) is 0 Å².